The van der Waals surface area contributed by atoms with Crippen molar-refractivity contribution in [3.63, 3.8) is 0 Å². The number of nitrogens with zero attached hydrogens (tertiary/aromatic N) is 3. The van der Waals surface area contributed by atoms with Gasteiger partial charge in [0.15, 0.2) is 0 Å². The van der Waals surface area contributed by atoms with Crippen molar-refractivity contribution in [2.24, 2.45) is 5.92 Å². The van der Waals surface area contributed by atoms with Crippen LogP contribution in [-0.4, -0.2) is 39.8 Å². The number of likely N-dealkylation sites (tertiary alicyclic amines) is 1. The Labute approximate surface area is 177 Å². The van der Waals surface area contributed by atoms with Gasteiger partial charge < -0.3 is 4.90 Å². The van der Waals surface area contributed by atoms with Crippen LogP contribution < -0.4 is 0 Å². The Balaban J connectivity index is 1.26. The third kappa shape index (κ3) is 4.13. The van der Waals surface area contributed by atoms with Crippen LogP contribution in [-0.2, 0) is 17.8 Å². The first-order chi connectivity index (χ1) is 14.2. The maximum Gasteiger partial charge on any atom is 0.226 e. The molecule has 0 N–H and O–H groups in total. The van der Waals surface area contributed by atoms with E-state index in [-0.39, 0.29) is 5.92 Å². The number of piperidine rings is 1. The van der Waals surface area contributed by atoms with Gasteiger partial charge in [0.05, 0.1) is 16.7 Å². The monoisotopic (exact) mass is 409 g/mol. The summed E-state index contributed by atoms with van der Waals surface area (Å²) in [6, 6.07) is 9.59. The zero-order valence-electron chi connectivity index (χ0n) is 17.3. The Kier molecular flexibility index (Phi) is 5.44. The quantitative estimate of drug-likeness (QED) is 0.716. The summed E-state index contributed by atoms with van der Waals surface area (Å²) < 4.78 is 0. The van der Waals surface area contributed by atoms with Crippen LogP contribution in [0.4, 0.5) is 0 Å². The summed E-state index contributed by atoms with van der Waals surface area (Å²) in [5.74, 6) is 0.622. The Morgan fingerprint density at radius 3 is 2.69 bits per heavy atom. The van der Waals surface area contributed by atoms with Crippen molar-refractivity contribution < 1.29 is 4.79 Å². The highest BCUT2D eigenvalue weighted by molar-refractivity contribution is 7.09. The topological polar surface area (TPSA) is 36.4 Å². The van der Waals surface area contributed by atoms with Crippen LogP contribution in [0.15, 0.2) is 29.6 Å². The van der Waals surface area contributed by atoms with Crippen LogP contribution in [0.1, 0.15) is 66.4 Å². The second kappa shape index (κ2) is 8.19. The van der Waals surface area contributed by atoms with Gasteiger partial charge in [-0.1, -0.05) is 24.3 Å². The summed E-state index contributed by atoms with van der Waals surface area (Å²) >= 11 is 1.72. The lowest BCUT2D eigenvalue weighted by Crippen LogP contribution is -2.45. The molecule has 1 unspecified atom stereocenters. The molecule has 1 saturated carbocycles. The number of rotatable bonds is 5. The number of hydrogen-bond donors (Lipinski definition) is 0. The standard InChI is InChI=1S/C24H31N3OS/c1-17-25-20(16-29-17)15-26-13-11-19(12-14-26)24(28)27(21-9-10-21)23-8-4-6-18-5-2-3-7-22(18)23/h2-3,5,7,16,19,21,23H,4,6,8-15H2,1H3. The van der Waals surface area contributed by atoms with Gasteiger partial charge >= 0.3 is 0 Å². The van der Waals surface area contributed by atoms with Gasteiger partial charge in [-0.05, 0) is 76.1 Å². The first-order valence-electron chi connectivity index (χ1n) is 11.2. The Morgan fingerprint density at radius 2 is 1.97 bits per heavy atom. The fraction of sp³-hybridized carbons (Fsp3) is 0.583. The van der Waals surface area contributed by atoms with Crippen molar-refractivity contribution in [1.29, 1.82) is 0 Å². The SMILES string of the molecule is Cc1nc(CN2CCC(C(=O)N(C3CC3)C3CCCc4ccccc43)CC2)cs1. The normalized spacial score (nSPS) is 23.0. The van der Waals surface area contributed by atoms with E-state index in [0.717, 1.165) is 50.3 Å². The number of amides is 1. The molecule has 29 heavy (non-hydrogen) atoms. The lowest BCUT2D eigenvalue weighted by Gasteiger charge is -2.40. The molecule has 1 aromatic heterocycles. The van der Waals surface area contributed by atoms with Crippen LogP contribution in [0.5, 0.6) is 0 Å². The van der Waals surface area contributed by atoms with E-state index in [1.54, 1.807) is 11.3 Å². The minimum atomic E-state index is 0.193. The van der Waals surface area contributed by atoms with Crippen molar-refractivity contribution in [2.45, 2.75) is 70.5 Å². The highest BCUT2D eigenvalue weighted by Crippen LogP contribution is 2.42. The average molecular weight is 410 g/mol. The van der Waals surface area contributed by atoms with Gasteiger partial charge in [-0.3, -0.25) is 9.69 Å². The van der Waals surface area contributed by atoms with Crippen molar-refractivity contribution in [1.82, 2.24) is 14.8 Å². The van der Waals surface area contributed by atoms with Crippen molar-refractivity contribution in [2.75, 3.05) is 13.1 Å². The second-order valence-electron chi connectivity index (χ2n) is 8.99. The molecular weight excluding hydrogens is 378 g/mol. The van der Waals surface area contributed by atoms with E-state index in [1.807, 2.05) is 0 Å². The number of carbonyl (C=O) groups excluding carboxylic acids is 1. The first kappa shape index (κ1) is 19.3. The molecule has 2 fully saturated rings. The maximum atomic E-state index is 13.7. The Hall–Kier alpha value is -1.72. The van der Waals surface area contributed by atoms with E-state index in [4.69, 9.17) is 0 Å². The first-order valence-corrected chi connectivity index (χ1v) is 12.1. The minimum Gasteiger partial charge on any atom is -0.332 e. The van der Waals surface area contributed by atoms with Gasteiger partial charge in [0, 0.05) is 23.9 Å². The number of benzene rings is 1. The van der Waals surface area contributed by atoms with Gasteiger partial charge in [0.25, 0.3) is 0 Å². The molecule has 0 spiro atoms. The predicted molar refractivity (Wildman–Crippen MR) is 117 cm³/mol. The molecular formula is C24H31N3OS. The van der Waals surface area contributed by atoms with Gasteiger partial charge in [0.1, 0.15) is 0 Å². The van der Waals surface area contributed by atoms with Gasteiger partial charge in [0.2, 0.25) is 5.91 Å². The highest BCUT2D eigenvalue weighted by Gasteiger charge is 2.42. The summed E-state index contributed by atoms with van der Waals surface area (Å²) in [4.78, 5) is 23.0. The zero-order valence-corrected chi connectivity index (χ0v) is 18.2. The average Bonchev–Trinajstić information content (AvgIpc) is 3.50. The largest absolute Gasteiger partial charge is 0.332 e. The van der Waals surface area contributed by atoms with Crippen molar-refractivity contribution in [3.8, 4) is 0 Å². The molecule has 4 nitrogen and oxygen atoms in total. The van der Waals surface area contributed by atoms with E-state index in [1.165, 1.54) is 36.1 Å². The number of aromatic nitrogens is 1. The van der Waals surface area contributed by atoms with E-state index < -0.39 is 0 Å². The fourth-order valence-corrected chi connectivity index (χ4v) is 5.82. The third-order valence-electron chi connectivity index (χ3n) is 6.86. The summed E-state index contributed by atoms with van der Waals surface area (Å²) in [5, 5.41) is 3.31. The third-order valence-corrected chi connectivity index (χ3v) is 7.68. The second-order valence-corrected chi connectivity index (χ2v) is 10.1. The van der Waals surface area contributed by atoms with E-state index in [0.29, 0.717) is 18.0 Å². The molecule has 1 saturated heterocycles. The molecule has 2 aliphatic carbocycles. The minimum absolute atomic E-state index is 0.193. The lowest BCUT2D eigenvalue weighted by molar-refractivity contribution is -0.140. The smallest absolute Gasteiger partial charge is 0.226 e. The molecule has 5 rings (SSSR count). The van der Waals surface area contributed by atoms with Crippen LogP contribution in [0.3, 0.4) is 0 Å². The number of hydrogen-bond acceptors (Lipinski definition) is 4. The maximum absolute atomic E-state index is 13.7. The number of thiazole rings is 1. The number of aryl methyl sites for hydroxylation is 2. The Morgan fingerprint density at radius 1 is 1.17 bits per heavy atom. The molecule has 5 heteroatoms. The van der Waals surface area contributed by atoms with Crippen LogP contribution >= 0.6 is 11.3 Å². The Bertz CT molecular complexity index is 867. The molecule has 3 aliphatic rings. The molecule has 1 aromatic carbocycles. The molecule has 154 valence electrons. The van der Waals surface area contributed by atoms with E-state index >= 15 is 0 Å². The van der Waals surface area contributed by atoms with Crippen LogP contribution in [0.25, 0.3) is 0 Å². The van der Waals surface area contributed by atoms with Crippen molar-refractivity contribution in [3.05, 3.63) is 51.5 Å². The van der Waals surface area contributed by atoms with Crippen molar-refractivity contribution >= 4 is 17.2 Å². The molecule has 1 atom stereocenters. The highest BCUT2D eigenvalue weighted by atomic mass is 32.1. The molecule has 1 aliphatic heterocycles. The van der Waals surface area contributed by atoms with E-state index in [9.17, 15) is 4.79 Å². The van der Waals surface area contributed by atoms with Crippen LogP contribution in [0.2, 0.25) is 0 Å². The number of carbonyl (C=O) groups is 1. The summed E-state index contributed by atoms with van der Waals surface area (Å²) in [5.41, 5.74) is 4.04. The fourth-order valence-electron chi connectivity index (χ4n) is 5.22. The number of fused-ring (bicyclic) bond motifs is 1. The summed E-state index contributed by atoms with van der Waals surface area (Å²) in [7, 11) is 0. The molecule has 2 aromatic rings. The lowest BCUT2D eigenvalue weighted by atomic mass is 9.85. The molecule has 1 amide bonds. The summed E-state index contributed by atoms with van der Waals surface area (Å²) in [6.07, 6.45) is 7.83. The molecule has 2 heterocycles. The van der Waals surface area contributed by atoms with E-state index in [2.05, 4.69) is 51.4 Å². The zero-order chi connectivity index (χ0) is 19.8. The molecule has 0 bridgehead atoms. The van der Waals surface area contributed by atoms with Crippen LogP contribution in [0, 0.1) is 12.8 Å². The predicted octanol–water partition coefficient (Wildman–Crippen LogP) is 4.73. The summed E-state index contributed by atoms with van der Waals surface area (Å²) in [6.45, 7) is 5.00. The van der Waals surface area contributed by atoms with Gasteiger partial charge in [-0.2, -0.15) is 0 Å². The molecule has 0 radical (unpaired) electrons. The van der Waals surface area contributed by atoms with Gasteiger partial charge in [-0.25, -0.2) is 4.98 Å². The van der Waals surface area contributed by atoms with Gasteiger partial charge in [-0.15, -0.1) is 11.3 Å².